The fourth-order valence-electron chi connectivity index (χ4n) is 1.47. The van der Waals surface area contributed by atoms with Crippen molar-refractivity contribution in [3.63, 3.8) is 0 Å². The summed E-state index contributed by atoms with van der Waals surface area (Å²) in [6.45, 7) is 0. The Bertz CT molecular complexity index is 557. The molecule has 7 heteroatoms. The molecule has 2 rings (SSSR count). The molecule has 0 saturated heterocycles. The number of alkyl halides is 3. The highest BCUT2D eigenvalue weighted by Gasteiger charge is 2.30. The molecule has 0 radical (unpaired) electrons. The average Bonchev–Trinajstić information content (AvgIpc) is 2.26. The second kappa shape index (κ2) is 4.01. The number of benzene rings is 1. The number of nitrogens with zero attached hydrogens (tertiary/aromatic N) is 1. The molecule has 0 saturated carbocycles. The van der Waals surface area contributed by atoms with Gasteiger partial charge in [0.05, 0.1) is 11.1 Å². The maximum Gasteiger partial charge on any atom is 0.490 e. The zero-order chi connectivity index (χ0) is 12.6. The van der Waals surface area contributed by atoms with Crippen LogP contribution in [0.3, 0.4) is 0 Å². The van der Waals surface area contributed by atoms with E-state index in [2.05, 4.69) is 4.98 Å². The van der Waals surface area contributed by atoms with Gasteiger partial charge in [0.15, 0.2) is 0 Å². The zero-order valence-corrected chi connectivity index (χ0v) is 8.44. The fraction of sp³-hybridized carbons (Fsp3) is 0.100. The van der Waals surface area contributed by atoms with E-state index >= 15 is 0 Å². The summed E-state index contributed by atoms with van der Waals surface area (Å²) < 4.78 is 37.4. The van der Waals surface area contributed by atoms with Gasteiger partial charge in [-0.05, 0) is 18.2 Å². The van der Waals surface area contributed by atoms with Gasteiger partial charge in [0.1, 0.15) is 0 Å². The van der Waals surface area contributed by atoms with Crippen LogP contribution in [-0.4, -0.2) is 22.2 Å². The molecule has 1 aromatic heterocycles. The van der Waals surface area contributed by atoms with Crippen LogP contribution in [0.5, 0.6) is 0 Å². The molecule has 0 unspecified atom stereocenters. The molecule has 1 heterocycles. The number of rotatable bonds is 1. The maximum atomic E-state index is 12.5. The van der Waals surface area contributed by atoms with Crippen LogP contribution in [0, 0.1) is 0 Å². The van der Waals surface area contributed by atoms with E-state index in [1.165, 1.54) is 18.3 Å². The lowest BCUT2D eigenvalue weighted by Gasteiger charge is -2.08. The predicted molar refractivity (Wildman–Crippen MR) is 56.6 cm³/mol. The Balaban J connectivity index is 2.59. The molecular weight excluding hydrogens is 234 g/mol. The third kappa shape index (κ3) is 2.40. The van der Waals surface area contributed by atoms with E-state index in [1.54, 1.807) is 0 Å². The largest absolute Gasteiger partial charge is 0.490 e. The van der Waals surface area contributed by atoms with Crippen molar-refractivity contribution in [2.75, 3.05) is 0 Å². The highest BCUT2D eigenvalue weighted by molar-refractivity contribution is 6.58. The molecule has 0 aliphatic rings. The lowest BCUT2D eigenvalue weighted by molar-refractivity contribution is -0.137. The van der Waals surface area contributed by atoms with E-state index in [1.807, 2.05) is 0 Å². The van der Waals surface area contributed by atoms with Crippen molar-refractivity contribution in [3.05, 3.63) is 36.0 Å². The van der Waals surface area contributed by atoms with Crippen LogP contribution in [0.15, 0.2) is 30.5 Å². The van der Waals surface area contributed by atoms with E-state index in [9.17, 15) is 13.2 Å². The van der Waals surface area contributed by atoms with Crippen molar-refractivity contribution in [1.82, 2.24) is 4.98 Å². The quantitative estimate of drug-likeness (QED) is 0.730. The molecular formula is C10H7BF3NO2. The van der Waals surface area contributed by atoms with Crippen molar-refractivity contribution in [2.45, 2.75) is 6.18 Å². The Kier molecular flexibility index (Phi) is 2.80. The number of aromatic nitrogens is 1. The zero-order valence-electron chi connectivity index (χ0n) is 8.44. The summed E-state index contributed by atoms with van der Waals surface area (Å²) in [5, 5.41) is 18.0. The summed E-state index contributed by atoms with van der Waals surface area (Å²) >= 11 is 0. The van der Waals surface area contributed by atoms with Crippen LogP contribution in [0.1, 0.15) is 5.56 Å². The van der Waals surface area contributed by atoms with Gasteiger partial charge in [0, 0.05) is 17.0 Å². The summed E-state index contributed by atoms with van der Waals surface area (Å²) in [5.41, 5.74) is -0.379. The predicted octanol–water partition coefficient (Wildman–Crippen LogP) is 0.933. The standard InChI is InChI=1S/C10H7BF3NO2/c12-10(13,14)7-1-2-9-6(3-7)4-8(5-15-9)11(16)17/h1-5,16-17H. The van der Waals surface area contributed by atoms with Gasteiger partial charge in [0.25, 0.3) is 0 Å². The Morgan fingerprint density at radius 3 is 2.41 bits per heavy atom. The molecule has 0 fully saturated rings. The molecule has 1 aromatic carbocycles. The van der Waals surface area contributed by atoms with Crippen LogP contribution in [0.25, 0.3) is 10.9 Å². The van der Waals surface area contributed by atoms with Gasteiger partial charge in [-0.3, -0.25) is 4.98 Å². The fourth-order valence-corrected chi connectivity index (χ4v) is 1.47. The van der Waals surface area contributed by atoms with E-state index < -0.39 is 18.9 Å². The minimum Gasteiger partial charge on any atom is -0.423 e. The molecule has 0 aliphatic carbocycles. The van der Waals surface area contributed by atoms with Crippen LogP contribution >= 0.6 is 0 Å². The first kappa shape index (κ1) is 11.9. The minimum absolute atomic E-state index is 0.0526. The summed E-state index contributed by atoms with van der Waals surface area (Å²) in [7, 11) is -1.75. The van der Waals surface area contributed by atoms with Crippen LogP contribution in [0.4, 0.5) is 13.2 Å². The monoisotopic (exact) mass is 241 g/mol. The highest BCUT2D eigenvalue weighted by atomic mass is 19.4. The molecule has 0 aliphatic heterocycles. The lowest BCUT2D eigenvalue weighted by atomic mass is 9.81. The van der Waals surface area contributed by atoms with Crippen molar-refractivity contribution >= 4 is 23.5 Å². The molecule has 3 nitrogen and oxygen atoms in total. The van der Waals surface area contributed by atoms with Crippen molar-refractivity contribution in [1.29, 1.82) is 0 Å². The molecule has 17 heavy (non-hydrogen) atoms. The third-order valence-electron chi connectivity index (χ3n) is 2.33. The van der Waals surface area contributed by atoms with E-state index in [-0.39, 0.29) is 10.8 Å². The SMILES string of the molecule is OB(O)c1cnc2ccc(C(F)(F)F)cc2c1. The first-order chi connectivity index (χ1) is 7.88. The van der Waals surface area contributed by atoms with Crippen molar-refractivity contribution in [2.24, 2.45) is 0 Å². The van der Waals surface area contributed by atoms with Crippen molar-refractivity contribution in [3.8, 4) is 0 Å². The van der Waals surface area contributed by atoms with Gasteiger partial charge in [-0.1, -0.05) is 6.07 Å². The molecule has 0 atom stereocenters. The molecule has 88 valence electrons. The number of halogens is 3. The second-order valence-corrected chi connectivity index (χ2v) is 3.55. The van der Waals surface area contributed by atoms with Crippen LogP contribution in [-0.2, 0) is 6.18 Å². The lowest BCUT2D eigenvalue weighted by Crippen LogP contribution is -2.30. The molecule has 0 spiro atoms. The van der Waals surface area contributed by atoms with Gasteiger partial charge in [-0.25, -0.2) is 0 Å². The topological polar surface area (TPSA) is 53.4 Å². The van der Waals surface area contributed by atoms with E-state index in [0.717, 1.165) is 12.1 Å². The van der Waals surface area contributed by atoms with Crippen LogP contribution < -0.4 is 5.46 Å². The van der Waals surface area contributed by atoms with Gasteiger partial charge in [-0.15, -0.1) is 0 Å². The highest BCUT2D eigenvalue weighted by Crippen LogP contribution is 2.30. The number of hydrogen-bond acceptors (Lipinski definition) is 3. The number of hydrogen-bond donors (Lipinski definition) is 2. The maximum absolute atomic E-state index is 12.5. The number of fused-ring (bicyclic) bond motifs is 1. The van der Waals surface area contributed by atoms with Crippen LogP contribution in [0.2, 0.25) is 0 Å². The molecule has 0 bridgehead atoms. The molecule has 2 aromatic rings. The van der Waals surface area contributed by atoms with E-state index in [4.69, 9.17) is 10.0 Å². The normalized spacial score (nSPS) is 11.8. The van der Waals surface area contributed by atoms with Crippen molar-refractivity contribution < 1.29 is 23.2 Å². The Labute approximate surface area is 94.7 Å². The summed E-state index contributed by atoms with van der Waals surface area (Å²) in [6.07, 6.45) is -3.22. The van der Waals surface area contributed by atoms with Gasteiger partial charge in [0.2, 0.25) is 0 Å². The Morgan fingerprint density at radius 2 is 1.82 bits per heavy atom. The first-order valence-electron chi connectivity index (χ1n) is 4.71. The van der Waals surface area contributed by atoms with E-state index in [0.29, 0.717) is 5.52 Å². The second-order valence-electron chi connectivity index (χ2n) is 3.55. The summed E-state index contributed by atoms with van der Waals surface area (Å²) in [4.78, 5) is 3.84. The minimum atomic E-state index is -4.43. The van der Waals surface area contributed by atoms with Gasteiger partial charge in [-0.2, -0.15) is 13.2 Å². The molecule has 2 N–H and O–H groups in total. The summed E-state index contributed by atoms with van der Waals surface area (Å²) in [6, 6.07) is 4.37. The average molecular weight is 241 g/mol. The Morgan fingerprint density at radius 1 is 1.12 bits per heavy atom. The first-order valence-corrected chi connectivity index (χ1v) is 4.71. The Hall–Kier alpha value is -1.60. The summed E-state index contributed by atoms with van der Waals surface area (Å²) in [5.74, 6) is 0. The van der Waals surface area contributed by atoms with Gasteiger partial charge < -0.3 is 10.0 Å². The third-order valence-corrected chi connectivity index (χ3v) is 2.33. The molecule has 0 amide bonds. The smallest absolute Gasteiger partial charge is 0.423 e. The number of pyridine rings is 1. The van der Waals surface area contributed by atoms with Gasteiger partial charge >= 0.3 is 13.3 Å².